The van der Waals surface area contributed by atoms with E-state index in [1.54, 1.807) is 54.6 Å². The number of amides is 1. The predicted octanol–water partition coefficient (Wildman–Crippen LogP) is 5.80. The third kappa shape index (κ3) is 3.97. The number of furan rings is 1. The van der Waals surface area contributed by atoms with Crippen LogP contribution in [-0.4, -0.2) is 5.91 Å². The summed E-state index contributed by atoms with van der Waals surface area (Å²) in [4.78, 5) is 12.2. The van der Waals surface area contributed by atoms with Gasteiger partial charge in [-0.3, -0.25) is 4.79 Å². The molecular weight excluding hydrogens is 371 g/mol. The van der Waals surface area contributed by atoms with Gasteiger partial charge in [-0.05, 0) is 36.4 Å². The molecule has 3 aromatic rings. The minimum absolute atomic E-state index is 0.0833. The number of carbonyl (C=O) groups is 1. The maximum absolute atomic E-state index is 12.2. The molecule has 4 nitrogen and oxygen atoms in total. The van der Waals surface area contributed by atoms with Gasteiger partial charge in [0, 0.05) is 11.8 Å². The fourth-order valence-corrected chi connectivity index (χ4v) is 2.89. The number of para-hydroxylation sites is 1. The minimum Gasteiger partial charge on any atom is -0.457 e. The maximum Gasteiger partial charge on any atom is 0.266 e. The number of nitrogens with one attached hydrogen (secondary N) is 1. The van der Waals surface area contributed by atoms with Crippen molar-refractivity contribution in [3.05, 3.63) is 82.0 Å². The van der Waals surface area contributed by atoms with Gasteiger partial charge in [0.05, 0.1) is 15.6 Å². The molecule has 3 rings (SSSR count). The molecule has 0 atom stereocenters. The lowest BCUT2D eigenvalue weighted by atomic mass is 10.2. The predicted molar refractivity (Wildman–Crippen MR) is 103 cm³/mol. The first kappa shape index (κ1) is 17.8. The quantitative estimate of drug-likeness (QED) is 0.457. The van der Waals surface area contributed by atoms with Crippen molar-refractivity contribution in [1.29, 1.82) is 5.26 Å². The highest BCUT2D eigenvalue weighted by Crippen LogP contribution is 2.35. The van der Waals surface area contributed by atoms with Gasteiger partial charge in [0.2, 0.25) is 0 Å². The van der Waals surface area contributed by atoms with Crippen LogP contribution in [-0.2, 0) is 4.79 Å². The van der Waals surface area contributed by atoms with E-state index in [0.29, 0.717) is 32.8 Å². The second kappa shape index (κ2) is 7.92. The summed E-state index contributed by atoms with van der Waals surface area (Å²) in [6.07, 6.45) is 1.37. The van der Waals surface area contributed by atoms with Crippen molar-refractivity contribution in [2.24, 2.45) is 0 Å². The fraction of sp³-hybridized carbons (Fsp3) is 0. The summed E-state index contributed by atoms with van der Waals surface area (Å²) >= 11 is 12.3. The zero-order valence-electron chi connectivity index (χ0n) is 13.4. The number of rotatable bonds is 4. The first-order chi connectivity index (χ1) is 12.6. The average molecular weight is 383 g/mol. The van der Waals surface area contributed by atoms with E-state index in [2.05, 4.69) is 5.32 Å². The molecule has 0 radical (unpaired) electrons. The van der Waals surface area contributed by atoms with Crippen LogP contribution in [0, 0.1) is 11.3 Å². The molecule has 1 aromatic heterocycles. The molecule has 0 aliphatic carbocycles. The smallest absolute Gasteiger partial charge is 0.266 e. The van der Waals surface area contributed by atoms with Crippen LogP contribution in [0.15, 0.2) is 70.7 Å². The van der Waals surface area contributed by atoms with Gasteiger partial charge in [0.1, 0.15) is 23.2 Å². The number of hydrogen-bond donors (Lipinski definition) is 1. The van der Waals surface area contributed by atoms with Crippen LogP contribution < -0.4 is 5.32 Å². The number of nitrogens with zero attached hydrogens (tertiary/aromatic N) is 1. The second-order valence-electron chi connectivity index (χ2n) is 5.29. The monoisotopic (exact) mass is 382 g/mol. The van der Waals surface area contributed by atoms with E-state index < -0.39 is 5.91 Å². The number of anilines is 1. The largest absolute Gasteiger partial charge is 0.457 e. The van der Waals surface area contributed by atoms with Crippen LogP contribution >= 0.6 is 23.2 Å². The lowest BCUT2D eigenvalue weighted by molar-refractivity contribution is -0.112. The normalized spacial score (nSPS) is 11.0. The van der Waals surface area contributed by atoms with Crippen molar-refractivity contribution in [2.45, 2.75) is 0 Å². The Balaban J connectivity index is 1.86. The molecule has 0 saturated heterocycles. The number of nitriles is 1. The van der Waals surface area contributed by atoms with Crippen molar-refractivity contribution in [3.8, 4) is 17.4 Å². The van der Waals surface area contributed by atoms with Crippen molar-refractivity contribution >= 4 is 40.9 Å². The molecular formula is C20H12Cl2N2O2. The maximum atomic E-state index is 12.2. The Kier molecular flexibility index (Phi) is 5.43. The topological polar surface area (TPSA) is 66.0 Å². The first-order valence-electron chi connectivity index (χ1n) is 7.61. The van der Waals surface area contributed by atoms with Gasteiger partial charge in [0.25, 0.3) is 5.91 Å². The number of hydrogen-bond acceptors (Lipinski definition) is 3. The van der Waals surface area contributed by atoms with Gasteiger partial charge in [-0.25, -0.2) is 0 Å². The van der Waals surface area contributed by atoms with E-state index in [9.17, 15) is 10.1 Å². The Labute approximate surface area is 160 Å². The molecule has 0 aliphatic heterocycles. The Hall–Kier alpha value is -3.00. The Morgan fingerprint density at radius 3 is 2.35 bits per heavy atom. The van der Waals surface area contributed by atoms with E-state index in [4.69, 9.17) is 27.6 Å². The molecule has 0 fully saturated rings. The summed E-state index contributed by atoms with van der Waals surface area (Å²) in [5, 5.41) is 12.8. The molecule has 1 heterocycles. The van der Waals surface area contributed by atoms with Crippen molar-refractivity contribution in [2.75, 3.05) is 5.32 Å². The summed E-state index contributed by atoms with van der Waals surface area (Å²) in [5.41, 5.74) is 1.07. The van der Waals surface area contributed by atoms with E-state index in [1.807, 2.05) is 12.1 Å². The highest BCUT2D eigenvalue weighted by molar-refractivity contribution is 6.39. The van der Waals surface area contributed by atoms with E-state index in [1.165, 1.54) is 6.08 Å². The third-order valence-electron chi connectivity index (χ3n) is 3.52. The van der Waals surface area contributed by atoms with Gasteiger partial charge in [0.15, 0.2) is 0 Å². The molecule has 1 amide bonds. The standard InChI is InChI=1S/C20H12Cl2N2O2/c21-16-7-4-8-17(22)19(16)18-10-9-15(26-18)11-13(12-23)20(25)24-14-5-2-1-3-6-14/h1-11H,(H,24,25)/b13-11+. The molecule has 0 unspecified atom stereocenters. The van der Waals surface area contributed by atoms with Gasteiger partial charge in [-0.1, -0.05) is 47.5 Å². The molecule has 6 heteroatoms. The molecule has 128 valence electrons. The summed E-state index contributed by atoms with van der Waals surface area (Å²) < 4.78 is 5.69. The van der Waals surface area contributed by atoms with Gasteiger partial charge < -0.3 is 9.73 Å². The first-order valence-corrected chi connectivity index (χ1v) is 8.36. The number of benzene rings is 2. The third-order valence-corrected chi connectivity index (χ3v) is 4.15. The molecule has 0 aliphatic rings. The average Bonchev–Trinajstić information content (AvgIpc) is 3.08. The fourth-order valence-electron chi connectivity index (χ4n) is 2.31. The van der Waals surface area contributed by atoms with Crippen molar-refractivity contribution in [3.63, 3.8) is 0 Å². The Bertz CT molecular complexity index is 998. The number of carbonyl (C=O) groups excluding carboxylic acids is 1. The highest BCUT2D eigenvalue weighted by atomic mass is 35.5. The number of halogens is 2. The lowest BCUT2D eigenvalue weighted by Gasteiger charge is -2.04. The van der Waals surface area contributed by atoms with Crippen LogP contribution in [0.3, 0.4) is 0 Å². The summed E-state index contributed by atoms with van der Waals surface area (Å²) in [5.74, 6) is 0.274. The zero-order valence-corrected chi connectivity index (χ0v) is 14.9. The van der Waals surface area contributed by atoms with Crippen molar-refractivity contribution in [1.82, 2.24) is 0 Å². The summed E-state index contributed by atoms with van der Waals surface area (Å²) in [6.45, 7) is 0. The molecule has 0 spiro atoms. The van der Waals surface area contributed by atoms with Crippen LogP contribution in [0.1, 0.15) is 5.76 Å². The Morgan fingerprint density at radius 2 is 1.69 bits per heavy atom. The van der Waals surface area contributed by atoms with Crippen LogP contribution in [0.25, 0.3) is 17.4 Å². The van der Waals surface area contributed by atoms with Gasteiger partial charge in [-0.15, -0.1) is 0 Å². The second-order valence-corrected chi connectivity index (χ2v) is 6.10. The van der Waals surface area contributed by atoms with E-state index >= 15 is 0 Å². The van der Waals surface area contributed by atoms with E-state index in [0.717, 1.165) is 0 Å². The minimum atomic E-state index is -0.521. The molecule has 26 heavy (non-hydrogen) atoms. The molecule has 0 saturated carbocycles. The molecule has 0 bridgehead atoms. The molecule has 2 aromatic carbocycles. The van der Waals surface area contributed by atoms with Crippen LogP contribution in [0.4, 0.5) is 5.69 Å². The summed E-state index contributed by atoms with van der Waals surface area (Å²) in [7, 11) is 0. The molecule has 1 N–H and O–H groups in total. The van der Waals surface area contributed by atoms with E-state index in [-0.39, 0.29) is 5.57 Å². The highest BCUT2D eigenvalue weighted by Gasteiger charge is 2.14. The summed E-state index contributed by atoms with van der Waals surface area (Å²) in [6, 6.07) is 19.2. The van der Waals surface area contributed by atoms with Crippen LogP contribution in [0.2, 0.25) is 10.0 Å². The SMILES string of the molecule is N#C/C(=C\c1ccc(-c2c(Cl)cccc2Cl)o1)C(=O)Nc1ccccc1. The van der Waals surface area contributed by atoms with Crippen LogP contribution in [0.5, 0.6) is 0 Å². The zero-order chi connectivity index (χ0) is 18.5. The Morgan fingerprint density at radius 1 is 1.00 bits per heavy atom. The lowest BCUT2D eigenvalue weighted by Crippen LogP contribution is -2.13. The van der Waals surface area contributed by atoms with Gasteiger partial charge in [-0.2, -0.15) is 5.26 Å². The van der Waals surface area contributed by atoms with Crippen molar-refractivity contribution < 1.29 is 9.21 Å². The van der Waals surface area contributed by atoms with Gasteiger partial charge >= 0.3 is 0 Å².